The number of phenols is 1. The van der Waals surface area contributed by atoms with Crippen LogP contribution in [0.1, 0.15) is 35.6 Å². The number of hydrogen-bond donors (Lipinski definition) is 5. The van der Waals surface area contributed by atoms with Gasteiger partial charge in [0.15, 0.2) is 6.29 Å². The monoisotopic (exact) mass is 398 g/mol. The molecule has 1 aromatic carbocycles. The number of benzene rings is 1. The SMILES string of the molecule is Cc1c(C)c2c(c(C)c1O)CCC(C)(COC1OC(CO)C(O)C(O)C1O)O2. The quantitative estimate of drug-likeness (QED) is 0.487. The van der Waals surface area contributed by atoms with Crippen LogP contribution in [-0.2, 0) is 15.9 Å². The summed E-state index contributed by atoms with van der Waals surface area (Å²) in [5.41, 5.74) is 2.74. The van der Waals surface area contributed by atoms with Crippen molar-refractivity contribution >= 4 is 0 Å². The molecule has 1 saturated heterocycles. The van der Waals surface area contributed by atoms with E-state index in [-0.39, 0.29) is 6.61 Å². The fourth-order valence-corrected chi connectivity index (χ4v) is 3.86. The number of phenolic OH excluding ortho intramolecular Hbond substituents is 1. The Hall–Kier alpha value is -1.42. The fraction of sp³-hybridized carbons (Fsp3) is 0.700. The molecule has 6 unspecified atom stereocenters. The molecule has 0 bridgehead atoms. The van der Waals surface area contributed by atoms with Gasteiger partial charge in [0.25, 0.3) is 0 Å². The van der Waals surface area contributed by atoms with E-state index in [0.717, 1.165) is 28.0 Å². The maximum atomic E-state index is 10.3. The van der Waals surface area contributed by atoms with E-state index in [1.807, 2.05) is 27.7 Å². The fourth-order valence-electron chi connectivity index (χ4n) is 3.86. The van der Waals surface area contributed by atoms with Crippen LogP contribution >= 0.6 is 0 Å². The maximum absolute atomic E-state index is 10.3. The molecule has 2 heterocycles. The van der Waals surface area contributed by atoms with E-state index >= 15 is 0 Å². The molecule has 158 valence electrons. The van der Waals surface area contributed by atoms with Crippen molar-refractivity contribution in [3.63, 3.8) is 0 Å². The van der Waals surface area contributed by atoms with Gasteiger partial charge in [-0.25, -0.2) is 0 Å². The van der Waals surface area contributed by atoms with Crippen molar-refractivity contribution in [1.29, 1.82) is 0 Å². The van der Waals surface area contributed by atoms with Crippen molar-refractivity contribution in [2.24, 2.45) is 0 Å². The summed E-state index contributed by atoms with van der Waals surface area (Å²) in [5, 5.41) is 49.5. The second-order valence-electron chi connectivity index (χ2n) is 8.09. The third kappa shape index (κ3) is 3.60. The molecule has 28 heavy (non-hydrogen) atoms. The lowest BCUT2D eigenvalue weighted by atomic mass is 9.87. The van der Waals surface area contributed by atoms with E-state index < -0.39 is 42.9 Å². The summed E-state index contributed by atoms with van der Waals surface area (Å²) < 4.78 is 17.4. The Morgan fingerprint density at radius 3 is 2.36 bits per heavy atom. The van der Waals surface area contributed by atoms with E-state index in [4.69, 9.17) is 14.2 Å². The lowest BCUT2D eigenvalue weighted by Gasteiger charge is -2.42. The van der Waals surface area contributed by atoms with E-state index in [0.29, 0.717) is 18.6 Å². The van der Waals surface area contributed by atoms with Gasteiger partial charge in [-0.15, -0.1) is 0 Å². The molecule has 0 spiro atoms. The van der Waals surface area contributed by atoms with E-state index in [2.05, 4.69) is 0 Å². The van der Waals surface area contributed by atoms with Gasteiger partial charge in [-0.1, -0.05) is 0 Å². The lowest BCUT2D eigenvalue weighted by molar-refractivity contribution is -0.307. The zero-order valence-corrected chi connectivity index (χ0v) is 16.7. The van der Waals surface area contributed by atoms with Crippen molar-refractivity contribution in [1.82, 2.24) is 0 Å². The van der Waals surface area contributed by atoms with Crippen LogP contribution in [0.4, 0.5) is 0 Å². The minimum atomic E-state index is -1.48. The van der Waals surface area contributed by atoms with Crippen LogP contribution in [0.15, 0.2) is 0 Å². The number of fused-ring (bicyclic) bond motifs is 1. The first-order valence-corrected chi connectivity index (χ1v) is 9.52. The minimum absolute atomic E-state index is 0.0769. The van der Waals surface area contributed by atoms with Crippen LogP contribution in [-0.4, -0.2) is 75.1 Å². The Bertz CT molecular complexity index is 734. The molecule has 6 atom stereocenters. The molecular weight excluding hydrogens is 368 g/mol. The largest absolute Gasteiger partial charge is 0.507 e. The molecule has 2 aliphatic rings. The third-order valence-electron chi connectivity index (χ3n) is 5.99. The van der Waals surface area contributed by atoms with Crippen LogP contribution in [0, 0.1) is 20.8 Å². The van der Waals surface area contributed by atoms with E-state index in [9.17, 15) is 25.5 Å². The zero-order chi connectivity index (χ0) is 20.8. The van der Waals surface area contributed by atoms with Crippen LogP contribution in [0.2, 0.25) is 0 Å². The number of aromatic hydroxyl groups is 1. The molecule has 1 fully saturated rings. The Kier molecular flexibility index (Phi) is 5.91. The molecule has 2 aliphatic heterocycles. The highest BCUT2D eigenvalue weighted by molar-refractivity contribution is 5.58. The molecule has 0 aromatic heterocycles. The van der Waals surface area contributed by atoms with Crippen LogP contribution in [0.25, 0.3) is 0 Å². The van der Waals surface area contributed by atoms with Gasteiger partial charge in [0.1, 0.15) is 41.5 Å². The standard InChI is InChI=1S/C20H30O8/c1-9-10(2)18-12(11(3)14(9)22)5-6-20(4,28-18)8-26-19-17(25)16(24)15(23)13(7-21)27-19/h13,15-17,19,21-25H,5-8H2,1-4H3. The molecular formula is C20H30O8. The summed E-state index contributed by atoms with van der Waals surface area (Å²) in [4.78, 5) is 0. The van der Waals surface area contributed by atoms with Gasteiger partial charge in [-0.2, -0.15) is 0 Å². The van der Waals surface area contributed by atoms with Gasteiger partial charge in [-0.3, -0.25) is 0 Å². The summed E-state index contributed by atoms with van der Waals surface area (Å²) in [5.74, 6) is 1.03. The second kappa shape index (κ2) is 7.78. The topological polar surface area (TPSA) is 129 Å². The van der Waals surface area contributed by atoms with E-state index in [1.165, 1.54) is 0 Å². The maximum Gasteiger partial charge on any atom is 0.186 e. The molecule has 8 nitrogen and oxygen atoms in total. The van der Waals surface area contributed by atoms with Gasteiger partial charge in [-0.05, 0) is 57.2 Å². The summed E-state index contributed by atoms with van der Waals surface area (Å²) in [6, 6.07) is 0. The van der Waals surface area contributed by atoms with Crippen LogP contribution < -0.4 is 4.74 Å². The molecule has 3 rings (SSSR count). The Morgan fingerprint density at radius 2 is 1.71 bits per heavy atom. The zero-order valence-electron chi connectivity index (χ0n) is 16.7. The average molecular weight is 398 g/mol. The summed E-state index contributed by atoms with van der Waals surface area (Å²) in [6.07, 6.45) is -5.23. The van der Waals surface area contributed by atoms with Gasteiger partial charge >= 0.3 is 0 Å². The number of rotatable bonds is 4. The smallest absolute Gasteiger partial charge is 0.186 e. The predicted octanol–water partition coefficient (Wildman–Crippen LogP) is 0.218. The van der Waals surface area contributed by atoms with Gasteiger partial charge in [0.2, 0.25) is 0 Å². The Morgan fingerprint density at radius 1 is 1.04 bits per heavy atom. The molecule has 5 N–H and O–H groups in total. The third-order valence-corrected chi connectivity index (χ3v) is 5.99. The predicted molar refractivity (Wildman–Crippen MR) is 99.4 cm³/mol. The van der Waals surface area contributed by atoms with Gasteiger partial charge < -0.3 is 39.7 Å². The summed E-state index contributed by atoms with van der Waals surface area (Å²) in [7, 11) is 0. The number of aliphatic hydroxyl groups excluding tert-OH is 4. The molecule has 1 aromatic rings. The lowest BCUT2D eigenvalue weighted by Crippen LogP contribution is -2.60. The highest BCUT2D eigenvalue weighted by atomic mass is 16.7. The first-order chi connectivity index (χ1) is 13.1. The molecule has 8 heteroatoms. The first kappa shape index (κ1) is 21.3. The highest BCUT2D eigenvalue weighted by Crippen LogP contribution is 2.43. The van der Waals surface area contributed by atoms with Crippen molar-refractivity contribution in [2.45, 2.75) is 76.8 Å². The molecule has 0 saturated carbocycles. The minimum Gasteiger partial charge on any atom is -0.507 e. The summed E-state index contributed by atoms with van der Waals surface area (Å²) >= 11 is 0. The van der Waals surface area contributed by atoms with Crippen molar-refractivity contribution in [3.05, 3.63) is 22.3 Å². The molecule has 0 aliphatic carbocycles. The molecule has 0 radical (unpaired) electrons. The second-order valence-corrected chi connectivity index (χ2v) is 8.09. The van der Waals surface area contributed by atoms with Crippen molar-refractivity contribution < 1.29 is 39.7 Å². The average Bonchev–Trinajstić information content (AvgIpc) is 2.68. The molecule has 0 amide bonds. The van der Waals surface area contributed by atoms with Crippen LogP contribution in [0.5, 0.6) is 11.5 Å². The van der Waals surface area contributed by atoms with Crippen molar-refractivity contribution in [2.75, 3.05) is 13.2 Å². The van der Waals surface area contributed by atoms with Gasteiger partial charge in [0, 0.05) is 5.56 Å². The highest BCUT2D eigenvalue weighted by Gasteiger charge is 2.45. The normalized spacial score (nSPS) is 35.4. The number of hydrogen-bond acceptors (Lipinski definition) is 8. The Balaban J connectivity index is 1.74. The Labute approximate surface area is 164 Å². The van der Waals surface area contributed by atoms with Gasteiger partial charge in [0.05, 0.1) is 13.2 Å². The van der Waals surface area contributed by atoms with E-state index in [1.54, 1.807) is 0 Å². The van der Waals surface area contributed by atoms with Crippen molar-refractivity contribution in [3.8, 4) is 11.5 Å². The number of ether oxygens (including phenoxy) is 3. The first-order valence-electron chi connectivity index (χ1n) is 9.52. The summed E-state index contributed by atoms with van der Waals surface area (Å²) in [6.45, 7) is 7.07. The number of aliphatic hydroxyl groups is 4. The van der Waals surface area contributed by atoms with Crippen LogP contribution in [0.3, 0.4) is 0 Å².